The van der Waals surface area contributed by atoms with E-state index in [1.54, 1.807) is 0 Å². The van der Waals surface area contributed by atoms with Crippen LogP contribution in [0.3, 0.4) is 0 Å². The van der Waals surface area contributed by atoms with E-state index in [9.17, 15) is 0 Å². The second-order valence-corrected chi connectivity index (χ2v) is 14.6. The van der Waals surface area contributed by atoms with Crippen molar-refractivity contribution in [1.82, 2.24) is 19.9 Å². The van der Waals surface area contributed by atoms with E-state index in [1.807, 2.05) is 48.5 Å². The van der Waals surface area contributed by atoms with E-state index in [0.29, 0.717) is 28.9 Å². The Kier molecular flexibility index (Phi) is 7.13. The van der Waals surface area contributed by atoms with Crippen molar-refractivity contribution in [3.63, 3.8) is 0 Å². The summed E-state index contributed by atoms with van der Waals surface area (Å²) in [7, 11) is 0. The molecule has 0 aliphatic carbocycles. The first kappa shape index (κ1) is 32.3. The summed E-state index contributed by atoms with van der Waals surface area (Å²) >= 11 is 0. The van der Waals surface area contributed by atoms with Crippen LogP contribution < -0.4 is 0 Å². The summed E-state index contributed by atoms with van der Waals surface area (Å²) in [6.45, 7) is 0. The number of nitrogens with zero attached hydrogens (tertiary/aromatic N) is 4. The van der Waals surface area contributed by atoms with Crippen molar-refractivity contribution in [2.24, 2.45) is 0 Å². The minimum atomic E-state index is 0.571. The topological polar surface area (TPSA) is 77.8 Å². The van der Waals surface area contributed by atoms with E-state index in [0.717, 1.165) is 76.8 Å². The van der Waals surface area contributed by atoms with Gasteiger partial charge < -0.3 is 8.83 Å². The summed E-state index contributed by atoms with van der Waals surface area (Å²) in [5.74, 6) is 2.36. The van der Waals surface area contributed by atoms with Gasteiger partial charge >= 0.3 is 0 Å². The fourth-order valence-corrected chi connectivity index (χ4v) is 8.35. The van der Waals surface area contributed by atoms with E-state index in [4.69, 9.17) is 28.8 Å². The molecule has 270 valence electrons. The summed E-state index contributed by atoms with van der Waals surface area (Å²) in [5.41, 5.74) is 8.92. The summed E-state index contributed by atoms with van der Waals surface area (Å²) in [4.78, 5) is 20.4. The van der Waals surface area contributed by atoms with Gasteiger partial charge in [-0.2, -0.15) is 0 Å². The Hall–Kier alpha value is -7.96. The molecule has 0 bridgehead atoms. The molecular formula is C52H30N4O2. The maximum absolute atomic E-state index is 6.52. The van der Waals surface area contributed by atoms with Crippen LogP contribution in [0.1, 0.15) is 0 Å². The summed E-state index contributed by atoms with van der Waals surface area (Å²) in [6, 6.07) is 62.5. The predicted molar refractivity (Wildman–Crippen MR) is 234 cm³/mol. The van der Waals surface area contributed by atoms with Crippen molar-refractivity contribution in [3.8, 4) is 56.7 Å². The Bertz CT molecular complexity index is 3560. The molecule has 0 spiro atoms. The number of fused-ring (bicyclic) bond motifs is 9. The largest absolute Gasteiger partial charge is 0.456 e. The standard InChI is InChI=1S/C52H30N4O2/c1-2-12-36(13-3-1)52-53-43-27-29-45-47(48(43)58-52)46-42-30-37(25-22-34(42)26-28-44(46)57-45)50-54-49(55-51(56-50)41-19-9-15-32-11-5-7-17-40(32)41)35-23-20-33(21-24-35)39-18-8-14-31-10-4-6-16-38(31)39/h1-30H. The fourth-order valence-electron chi connectivity index (χ4n) is 8.35. The van der Waals surface area contributed by atoms with Gasteiger partial charge in [-0.25, -0.2) is 19.9 Å². The van der Waals surface area contributed by atoms with Crippen molar-refractivity contribution in [1.29, 1.82) is 0 Å². The normalized spacial score (nSPS) is 11.8. The van der Waals surface area contributed by atoms with E-state index < -0.39 is 0 Å². The average molecular weight is 743 g/mol. The van der Waals surface area contributed by atoms with Crippen LogP contribution in [0.15, 0.2) is 191 Å². The summed E-state index contributed by atoms with van der Waals surface area (Å²) < 4.78 is 13.0. The van der Waals surface area contributed by atoms with E-state index in [1.165, 1.54) is 16.3 Å². The first-order valence-electron chi connectivity index (χ1n) is 19.3. The molecule has 0 fully saturated rings. The molecule has 12 rings (SSSR count). The van der Waals surface area contributed by atoms with Crippen LogP contribution in [-0.4, -0.2) is 19.9 Å². The van der Waals surface area contributed by atoms with Gasteiger partial charge in [-0.3, -0.25) is 0 Å². The Labute approximate surface area is 331 Å². The van der Waals surface area contributed by atoms with Gasteiger partial charge in [0.2, 0.25) is 5.89 Å². The lowest BCUT2D eigenvalue weighted by Crippen LogP contribution is -2.00. The SMILES string of the molecule is c1ccc(-c2nc3ccc4oc5ccc6ccc(-c7nc(-c8ccc(-c9cccc%10ccccc9%10)cc8)nc(-c8cccc9ccccc89)n7)cc6c5c4c3o2)cc1. The van der Waals surface area contributed by atoms with Crippen LogP contribution in [0.4, 0.5) is 0 Å². The summed E-state index contributed by atoms with van der Waals surface area (Å²) in [5, 5.41) is 8.55. The average Bonchev–Trinajstić information content (AvgIpc) is 3.91. The molecule has 6 nitrogen and oxygen atoms in total. The third kappa shape index (κ3) is 5.20. The first-order valence-corrected chi connectivity index (χ1v) is 19.3. The van der Waals surface area contributed by atoms with Gasteiger partial charge in [0, 0.05) is 27.6 Å². The van der Waals surface area contributed by atoms with Crippen LogP contribution in [0.2, 0.25) is 0 Å². The zero-order valence-electron chi connectivity index (χ0n) is 30.9. The Balaban J connectivity index is 1.05. The van der Waals surface area contributed by atoms with Crippen LogP contribution in [0, 0.1) is 0 Å². The molecule has 0 saturated heterocycles. The molecule has 0 amide bonds. The number of rotatable bonds is 5. The minimum absolute atomic E-state index is 0.571. The van der Waals surface area contributed by atoms with Crippen molar-refractivity contribution in [2.45, 2.75) is 0 Å². The van der Waals surface area contributed by atoms with E-state index >= 15 is 0 Å². The van der Waals surface area contributed by atoms with Crippen LogP contribution in [-0.2, 0) is 0 Å². The number of aromatic nitrogens is 4. The highest BCUT2D eigenvalue weighted by molar-refractivity contribution is 6.25. The molecule has 58 heavy (non-hydrogen) atoms. The number of benzene rings is 9. The molecule has 0 N–H and O–H groups in total. The van der Waals surface area contributed by atoms with Gasteiger partial charge in [0.05, 0.1) is 5.39 Å². The number of hydrogen-bond acceptors (Lipinski definition) is 6. The molecule has 0 radical (unpaired) electrons. The van der Waals surface area contributed by atoms with Crippen LogP contribution >= 0.6 is 0 Å². The van der Waals surface area contributed by atoms with Crippen LogP contribution in [0.5, 0.6) is 0 Å². The molecule has 0 saturated carbocycles. The van der Waals surface area contributed by atoms with Crippen molar-refractivity contribution in [3.05, 3.63) is 182 Å². The fraction of sp³-hybridized carbons (Fsp3) is 0. The third-order valence-electron chi connectivity index (χ3n) is 11.2. The second kappa shape index (κ2) is 12.8. The highest BCUT2D eigenvalue weighted by Crippen LogP contribution is 2.41. The molecule has 0 atom stereocenters. The van der Waals surface area contributed by atoms with Gasteiger partial charge in [-0.05, 0) is 79.8 Å². The van der Waals surface area contributed by atoms with E-state index in [2.05, 4.69) is 133 Å². The molecular weight excluding hydrogens is 713 g/mol. The molecule has 12 aromatic rings. The van der Waals surface area contributed by atoms with Gasteiger partial charge in [-0.1, -0.05) is 146 Å². The molecule has 0 unspecified atom stereocenters. The highest BCUT2D eigenvalue weighted by atomic mass is 16.4. The molecule has 9 aromatic carbocycles. The van der Waals surface area contributed by atoms with Crippen molar-refractivity contribution < 1.29 is 8.83 Å². The Morgan fingerprint density at radius 1 is 0.328 bits per heavy atom. The van der Waals surface area contributed by atoms with E-state index in [-0.39, 0.29) is 0 Å². The van der Waals surface area contributed by atoms with Crippen LogP contribution in [0.25, 0.3) is 122 Å². The number of furan rings is 1. The maximum atomic E-state index is 6.52. The van der Waals surface area contributed by atoms with Gasteiger partial charge in [-0.15, -0.1) is 0 Å². The Morgan fingerprint density at radius 3 is 1.69 bits per heavy atom. The van der Waals surface area contributed by atoms with Crippen molar-refractivity contribution >= 4 is 65.4 Å². The van der Waals surface area contributed by atoms with Gasteiger partial charge in [0.25, 0.3) is 0 Å². The molecule has 6 heteroatoms. The lowest BCUT2D eigenvalue weighted by atomic mass is 9.97. The second-order valence-electron chi connectivity index (χ2n) is 14.6. The molecule has 3 heterocycles. The maximum Gasteiger partial charge on any atom is 0.227 e. The smallest absolute Gasteiger partial charge is 0.227 e. The Morgan fingerprint density at radius 2 is 0.897 bits per heavy atom. The minimum Gasteiger partial charge on any atom is -0.456 e. The molecule has 0 aliphatic rings. The zero-order valence-corrected chi connectivity index (χ0v) is 30.9. The number of hydrogen-bond donors (Lipinski definition) is 0. The van der Waals surface area contributed by atoms with Gasteiger partial charge in [0.15, 0.2) is 23.1 Å². The predicted octanol–water partition coefficient (Wildman–Crippen LogP) is 13.7. The molecule has 0 aliphatic heterocycles. The zero-order chi connectivity index (χ0) is 38.2. The first-order chi connectivity index (χ1) is 28.7. The lowest BCUT2D eigenvalue weighted by molar-refractivity contribution is 0.622. The number of oxazole rings is 1. The monoisotopic (exact) mass is 742 g/mol. The van der Waals surface area contributed by atoms with Gasteiger partial charge in [0.1, 0.15) is 16.7 Å². The lowest BCUT2D eigenvalue weighted by Gasteiger charge is -2.12. The summed E-state index contributed by atoms with van der Waals surface area (Å²) in [6.07, 6.45) is 0. The quantitative estimate of drug-likeness (QED) is 0.175. The highest BCUT2D eigenvalue weighted by Gasteiger charge is 2.20. The van der Waals surface area contributed by atoms with Crippen molar-refractivity contribution in [2.75, 3.05) is 0 Å². The molecule has 3 aromatic heterocycles. The third-order valence-corrected chi connectivity index (χ3v) is 11.2.